The Morgan fingerprint density at radius 2 is 1.94 bits per heavy atom. The molecule has 0 aromatic heterocycles. The third kappa shape index (κ3) is 2.88. The van der Waals surface area contributed by atoms with Crippen molar-refractivity contribution in [1.29, 1.82) is 0 Å². The molecule has 0 saturated carbocycles. The van der Waals surface area contributed by atoms with E-state index in [1.165, 1.54) is 12.1 Å². The highest BCUT2D eigenvalue weighted by Gasteiger charge is 2.05. The van der Waals surface area contributed by atoms with Crippen molar-refractivity contribution < 1.29 is 14.2 Å². The molecule has 0 bridgehead atoms. The molecule has 0 heterocycles. The lowest BCUT2D eigenvalue weighted by atomic mass is 10.2. The van der Waals surface area contributed by atoms with E-state index in [4.69, 9.17) is 21.4 Å². The van der Waals surface area contributed by atoms with Gasteiger partial charge in [0.05, 0.1) is 5.02 Å². The molecule has 0 aliphatic rings. The van der Waals surface area contributed by atoms with Gasteiger partial charge in [0.2, 0.25) is 0 Å². The average molecular weight is 253 g/mol. The summed E-state index contributed by atoms with van der Waals surface area (Å²) in [5.74, 6) is -0.109. The van der Waals surface area contributed by atoms with Gasteiger partial charge in [0.25, 0.3) is 0 Å². The smallest absolute Gasteiger partial charge is 0.138 e. The lowest BCUT2D eigenvalue weighted by Gasteiger charge is -2.08. The number of phenols is 1. The van der Waals surface area contributed by atoms with Gasteiger partial charge in [-0.05, 0) is 24.3 Å². The Kier molecular flexibility index (Phi) is 3.49. The van der Waals surface area contributed by atoms with Gasteiger partial charge in [-0.3, -0.25) is 0 Å². The van der Waals surface area contributed by atoms with E-state index in [9.17, 15) is 4.39 Å². The number of benzene rings is 2. The maximum absolute atomic E-state index is 13.4. The standard InChI is InChI=1S/C13H10ClFO2/c14-11-3-1-2-4-13(11)17-8-9-5-6-10(16)7-12(9)15/h1-7,16H,8H2. The highest BCUT2D eigenvalue weighted by molar-refractivity contribution is 6.32. The van der Waals surface area contributed by atoms with Gasteiger partial charge in [0, 0.05) is 11.6 Å². The molecule has 2 nitrogen and oxygen atoms in total. The minimum absolute atomic E-state index is 0.0653. The molecule has 1 N–H and O–H groups in total. The third-order valence-corrected chi connectivity index (χ3v) is 2.57. The number of hydrogen-bond acceptors (Lipinski definition) is 2. The van der Waals surface area contributed by atoms with Crippen molar-refractivity contribution in [3.63, 3.8) is 0 Å². The fraction of sp³-hybridized carbons (Fsp3) is 0.0769. The highest BCUT2D eigenvalue weighted by Crippen LogP contribution is 2.25. The molecule has 88 valence electrons. The Labute approximate surface area is 103 Å². The zero-order valence-electron chi connectivity index (χ0n) is 8.86. The van der Waals surface area contributed by atoms with E-state index >= 15 is 0 Å². The molecule has 2 rings (SSSR count). The van der Waals surface area contributed by atoms with Gasteiger partial charge in [0.1, 0.15) is 23.9 Å². The van der Waals surface area contributed by atoms with Gasteiger partial charge in [-0.15, -0.1) is 0 Å². The molecule has 2 aromatic carbocycles. The summed E-state index contributed by atoms with van der Waals surface area (Å²) in [4.78, 5) is 0. The minimum Gasteiger partial charge on any atom is -0.508 e. The third-order valence-electron chi connectivity index (χ3n) is 2.26. The summed E-state index contributed by atoms with van der Waals surface area (Å²) < 4.78 is 18.8. The van der Waals surface area contributed by atoms with E-state index in [1.807, 2.05) is 0 Å². The van der Waals surface area contributed by atoms with Gasteiger partial charge in [-0.1, -0.05) is 23.7 Å². The van der Waals surface area contributed by atoms with Crippen LogP contribution in [0.2, 0.25) is 5.02 Å². The fourth-order valence-corrected chi connectivity index (χ4v) is 1.56. The molecule has 0 fully saturated rings. The van der Waals surface area contributed by atoms with Crippen molar-refractivity contribution in [2.24, 2.45) is 0 Å². The predicted octanol–water partition coefficient (Wildman–Crippen LogP) is 3.76. The van der Waals surface area contributed by atoms with Crippen LogP contribution in [0.1, 0.15) is 5.56 Å². The molecule has 0 aliphatic heterocycles. The van der Waals surface area contributed by atoms with Gasteiger partial charge in [0.15, 0.2) is 0 Å². The summed E-state index contributed by atoms with van der Waals surface area (Å²) in [5.41, 5.74) is 0.364. The van der Waals surface area contributed by atoms with Crippen molar-refractivity contribution in [3.05, 3.63) is 58.9 Å². The monoisotopic (exact) mass is 252 g/mol. The van der Waals surface area contributed by atoms with Crippen LogP contribution in [-0.2, 0) is 6.61 Å². The van der Waals surface area contributed by atoms with Crippen LogP contribution in [0.3, 0.4) is 0 Å². The maximum atomic E-state index is 13.4. The van der Waals surface area contributed by atoms with E-state index in [-0.39, 0.29) is 12.4 Å². The number of hydrogen-bond donors (Lipinski definition) is 1. The summed E-state index contributed by atoms with van der Waals surface area (Å²) in [6, 6.07) is 10.9. The first-order valence-electron chi connectivity index (χ1n) is 5.01. The second kappa shape index (κ2) is 5.06. The first kappa shape index (κ1) is 11.7. The molecule has 0 atom stereocenters. The van der Waals surface area contributed by atoms with Crippen LogP contribution in [0.5, 0.6) is 11.5 Å². The lowest BCUT2D eigenvalue weighted by molar-refractivity contribution is 0.299. The number of aromatic hydroxyl groups is 1. The highest BCUT2D eigenvalue weighted by atomic mass is 35.5. The summed E-state index contributed by atoms with van der Waals surface area (Å²) in [6.45, 7) is 0.0653. The largest absolute Gasteiger partial charge is 0.508 e. The Bertz CT molecular complexity index is 529. The quantitative estimate of drug-likeness (QED) is 0.901. The van der Waals surface area contributed by atoms with Gasteiger partial charge in [-0.25, -0.2) is 4.39 Å². The Hall–Kier alpha value is -1.74. The predicted molar refractivity (Wildman–Crippen MR) is 63.8 cm³/mol. The fourth-order valence-electron chi connectivity index (χ4n) is 1.37. The van der Waals surface area contributed by atoms with E-state index in [2.05, 4.69) is 0 Å². The van der Waals surface area contributed by atoms with Crippen molar-refractivity contribution in [3.8, 4) is 11.5 Å². The number of ether oxygens (including phenoxy) is 1. The van der Waals surface area contributed by atoms with Gasteiger partial charge in [-0.2, -0.15) is 0 Å². The topological polar surface area (TPSA) is 29.5 Å². The second-order valence-electron chi connectivity index (χ2n) is 3.49. The van der Waals surface area contributed by atoms with Crippen molar-refractivity contribution in [1.82, 2.24) is 0 Å². The zero-order valence-corrected chi connectivity index (χ0v) is 9.62. The molecular formula is C13H10ClFO2. The van der Waals surface area contributed by atoms with Crippen LogP contribution in [0.15, 0.2) is 42.5 Å². The van der Waals surface area contributed by atoms with E-state index in [0.717, 1.165) is 6.07 Å². The Morgan fingerprint density at radius 1 is 1.18 bits per heavy atom. The molecule has 4 heteroatoms. The van der Waals surface area contributed by atoms with Crippen molar-refractivity contribution in [2.75, 3.05) is 0 Å². The molecule has 2 aromatic rings. The first-order valence-corrected chi connectivity index (χ1v) is 5.39. The normalized spacial score (nSPS) is 10.2. The molecular weight excluding hydrogens is 243 g/mol. The van der Waals surface area contributed by atoms with Crippen LogP contribution in [-0.4, -0.2) is 5.11 Å². The molecule has 0 radical (unpaired) electrons. The molecule has 0 saturated heterocycles. The molecule has 0 aliphatic carbocycles. The number of halogens is 2. The number of rotatable bonds is 3. The van der Waals surface area contributed by atoms with E-state index < -0.39 is 5.82 Å². The zero-order chi connectivity index (χ0) is 12.3. The molecule has 17 heavy (non-hydrogen) atoms. The van der Waals surface area contributed by atoms with E-state index in [1.54, 1.807) is 24.3 Å². The lowest BCUT2D eigenvalue weighted by Crippen LogP contribution is -1.98. The van der Waals surface area contributed by atoms with Crippen molar-refractivity contribution in [2.45, 2.75) is 6.61 Å². The molecule has 0 amide bonds. The summed E-state index contributed by atoms with van der Waals surface area (Å²) in [5, 5.41) is 9.54. The maximum Gasteiger partial charge on any atom is 0.138 e. The molecule has 0 unspecified atom stereocenters. The Balaban J connectivity index is 2.10. The van der Waals surface area contributed by atoms with Crippen LogP contribution in [0.4, 0.5) is 4.39 Å². The minimum atomic E-state index is -0.503. The van der Waals surface area contributed by atoms with Gasteiger partial charge >= 0.3 is 0 Å². The summed E-state index contributed by atoms with van der Waals surface area (Å²) in [6.07, 6.45) is 0. The van der Waals surface area contributed by atoms with Crippen molar-refractivity contribution >= 4 is 11.6 Å². The number of phenolic OH excluding ortho intramolecular Hbond substituents is 1. The van der Waals surface area contributed by atoms with Crippen LogP contribution in [0, 0.1) is 5.82 Å². The summed E-state index contributed by atoms with van der Waals surface area (Å²) >= 11 is 5.90. The van der Waals surface area contributed by atoms with Crippen LogP contribution < -0.4 is 4.74 Å². The average Bonchev–Trinajstić information content (AvgIpc) is 2.30. The molecule has 0 spiro atoms. The summed E-state index contributed by atoms with van der Waals surface area (Å²) in [7, 11) is 0. The van der Waals surface area contributed by atoms with Crippen LogP contribution >= 0.6 is 11.6 Å². The Morgan fingerprint density at radius 3 is 2.65 bits per heavy atom. The SMILES string of the molecule is Oc1ccc(COc2ccccc2Cl)c(F)c1. The number of para-hydroxylation sites is 1. The first-order chi connectivity index (χ1) is 8.16. The second-order valence-corrected chi connectivity index (χ2v) is 3.90. The van der Waals surface area contributed by atoms with Crippen LogP contribution in [0.25, 0.3) is 0 Å². The van der Waals surface area contributed by atoms with E-state index in [0.29, 0.717) is 16.3 Å². The van der Waals surface area contributed by atoms with Gasteiger partial charge < -0.3 is 9.84 Å².